The van der Waals surface area contributed by atoms with Crippen LogP contribution in [0.2, 0.25) is 0 Å². The number of aromatic hydroxyl groups is 1. The first-order chi connectivity index (χ1) is 12.5. The van der Waals surface area contributed by atoms with Gasteiger partial charge in [-0.25, -0.2) is 0 Å². The Balaban J connectivity index is 1.64. The van der Waals surface area contributed by atoms with Crippen molar-refractivity contribution < 1.29 is 19.4 Å². The summed E-state index contributed by atoms with van der Waals surface area (Å²) in [6.07, 6.45) is 1.21. The van der Waals surface area contributed by atoms with Gasteiger partial charge in [0.05, 0.1) is 20.4 Å². The highest BCUT2D eigenvalue weighted by atomic mass is 127. The molecule has 1 saturated heterocycles. The van der Waals surface area contributed by atoms with Gasteiger partial charge in [0.2, 0.25) is 5.91 Å². The molecule has 3 rings (SSSR count). The van der Waals surface area contributed by atoms with Gasteiger partial charge in [-0.3, -0.25) is 4.79 Å². The monoisotopic (exact) mass is 579 g/mol. The largest absolute Gasteiger partial charge is 0.508 e. The summed E-state index contributed by atoms with van der Waals surface area (Å²) in [5.41, 5.74) is 1.12. The molecule has 26 heavy (non-hydrogen) atoms. The molecule has 1 amide bonds. The minimum atomic E-state index is 0.183. The Hall–Kier alpha value is -1.07. The second-order valence-corrected chi connectivity index (χ2v) is 8.30. The Labute approximate surface area is 180 Å². The third-order valence-electron chi connectivity index (χ3n) is 4.11. The molecular formula is C19H19I2NO4. The summed E-state index contributed by atoms with van der Waals surface area (Å²) in [5.74, 6) is 1.86. The third kappa shape index (κ3) is 5.23. The second kappa shape index (κ2) is 9.23. The minimum Gasteiger partial charge on any atom is -0.508 e. The number of phenolic OH excluding ortho intramolecular Hbond substituents is 1. The van der Waals surface area contributed by atoms with Gasteiger partial charge in [-0.2, -0.15) is 0 Å². The lowest BCUT2D eigenvalue weighted by atomic mass is 10.1. The van der Waals surface area contributed by atoms with Crippen LogP contribution in [0, 0.1) is 7.14 Å². The van der Waals surface area contributed by atoms with Crippen LogP contribution in [0.25, 0.3) is 0 Å². The molecule has 2 aromatic rings. The maximum Gasteiger partial charge on any atom is 0.223 e. The van der Waals surface area contributed by atoms with Crippen molar-refractivity contribution in [2.24, 2.45) is 0 Å². The summed E-state index contributed by atoms with van der Waals surface area (Å²) in [6, 6.07) is 10.8. The number of amides is 1. The Morgan fingerprint density at radius 1 is 1.12 bits per heavy atom. The van der Waals surface area contributed by atoms with Crippen LogP contribution in [0.15, 0.2) is 36.4 Å². The zero-order valence-electron chi connectivity index (χ0n) is 14.1. The van der Waals surface area contributed by atoms with E-state index >= 15 is 0 Å². The molecule has 1 aliphatic rings. The first kappa shape index (κ1) is 19.7. The first-order valence-corrected chi connectivity index (χ1v) is 10.5. The summed E-state index contributed by atoms with van der Waals surface area (Å²) < 4.78 is 13.2. The lowest BCUT2D eigenvalue weighted by molar-refractivity contribution is -0.135. The SMILES string of the molecule is O=C(CCc1cc(I)c(Oc2ccc(O)cc2)c(I)c1)N1CCOCC1. The molecule has 7 heteroatoms. The quantitative estimate of drug-likeness (QED) is 0.541. The number of rotatable bonds is 5. The van der Waals surface area contributed by atoms with E-state index in [-0.39, 0.29) is 11.7 Å². The number of ether oxygens (including phenoxy) is 2. The molecule has 2 aromatic carbocycles. The number of benzene rings is 2. The normalized spacial score (nSPS) is 14.3. The highest BCUT2D eigenvalue weighted by Gasteiger charge is 2.17. The molecule has 1 N–H and O–H groups in total. The fourth-order valence-corrected chi connectivity index (χ4v) is 4.83. The highest BCUT2D eigenvalue weighted by Crippen LogP contribution is 2.33. The molecule has 0 aromatic heterocycles. The molecule has 0 atom stereocenters. The fourth-order valence-electron chi connectivity index (χ4n) is 2.71. The minimum absolute atomic E-state index is 0.183. The lowest BCUT2D eigenvalue weighted by Crippen LogP contribution is -2.40. The highest BCUT2D eigenvalue weighted by molar-refractivity contribution is 14.1. The molecule has 0 radical (unpaired) electrons. The topological polar surface area (TPSA) is 59.0 Å². The molecule has 0 unspecified atom stereocenters. The molecule has 0 aliphatic carbocycles. The average molecular weight is 579 g/mol. The maximum atomic E-state index is 12.3. The van der Waals surface area contributed by atoms with E-state index < -0.39 is 0 Å². The van der Waals surface area contributed by atoms with Crippen molar-refractivity contribution in [3.05, 3.63) is 49.1 Å². The molecule has 1 aliphatic heterocycles. The molecule has 138 valence electrons. The molecular weight excluding hydrogens is 560 g/mol. The van der Waals surface area contributed by atoms with Crippen LogP contribution < -0.4 is 4.74 Å². The van der Waals surface area contributed by atoms with Gasteiger partial charge >= 0.3 is 0 Å². The van der Waals surface area contributed by atoms with Gasteiger partial charge in [0.25, 0.3) is 0 Å². The van der Waals surface area contributed by atoms with Crippen molar-refractivity contribution in [3.8, 4) is 17.2 Å². The van der Waals surface area contributed by atoms with Crippen LogP contribution >= 0.6 is 45.2 Å². The first-order valence-electron chi connectivity index (χ1n) is 8.33. The van der Waals surface area contributed by atoms with Crippen LogP contribution in [0.5, 0.6) is 17.2 Å². The number of hydrogen-bond acceptors (Lipinski definition) is 4. The van der Waals surface area contributed by atoms with E-state index in [0.717, 1.165) is 18.5 Å². The summed E-state index contributed by atoms with van der Waals surface area (Å²) in [6.45, 7) is 2.64. The zero-order valence-corrected chi connectivity index (χ0v) is 18.4. The predicted molar refractivity (Wildman–Crippen MR) is 116 cm³/mol. The molecule has 0 saturated carbocycles. The fraction of sp³-hybridized carbons (Fsp3) is 0.316. The lowest BCUT2D eigenvalue weighted by Gasteiger charge is -2.26. The number of morpholine rings is 1. The average Bonchev–Trinajstić information content (AvgIpc) is 2.65. The van der Waals surface area contributed by atoms with Crippen molar-refractivity contribution in [1.82, 2.24) is 4.90 Å². The van der Waals surface area contributed by atoms with Crippen LogP contribution in [-0.2, 0) is 16.0 Å². The summed E-state index contributed by atoms with van der Waals surface area (Å²) >= 11 is 4.51. The second-order valence-electron chi connectivity index (χ2n) is 5.98. The van der Waals surface area contributed by atoms with E-state index in [9.17, 15) is 9.90 Å². The van der Waals surface area contributed by atoms with Crippen molar-refractivity contribution in [1.29, 1.82) is 0 Å². The van der Waals surface area contributed by atoms with Gasteiger partial charge in [0, 0.05) is 19.5 Å². The van der Waals surface area contributed by atoms with Gasteiger partial charge in [-0.05, 0) is 93.6 Å². The number of aryl methyl sites for hydroxylation is 1. The summed E-state index contributed by atoms with van der Waals surface area (Å²) in [4.78, 5) is 14.2. The Morgan fingerprint density at radius 3 is 2.35 bits per heavy atom. The van der Waals surface area contributed by atoms with E-state index in [1.54, 1.807) is 24.3 Å². The number of hydrogen-bond donors (Lipinski definition) is 1. The number of phenols is 1. The van der Waals surface area contributed by atoms with Crippen LogP contribution in [0.3, 0.4) is 0 Å². The smallest absolute Gasteiger partial charge is 0.223 e. The molecule has 0 spiro atoms. The van der Waals surface area contributed by atoms with Gasteiger partial charge in [0.1, 0.15) is 11.5 Å². The zero-order chi connectivity index (χ0) is 18.5. The van der Waals surface area contributed by atoms with Crippen molar-refractivity contribution in [2.45, 2.75) is 12.8 Å². The van der Waals surface area contributed by atoms with Crippen LogP contribution in [0.1, 0.15) is 12.0 Å². The number of carbonyl (C=O) groups excluding carboxylic acids is 1. The van der Waals surface area contributed by atoms with Crippen LogP contribution in [0.4, 0.5) is 0 Å². The molecule has 1 heterocycles. The third-order valence-corrected chi connectivity index (χ3v) is 5.71. The standard InChI is InChI=1S/C19H19I2NO4/c20-16-11-13(1-6-18(24)22-7-9-25-10-8-22)12-17(21)19(16)26-15-4-2-14(23)3-5-15/h2-5,11-12,23H,1,6-10H2. The van der Waals surface area contributed by atoms with E-state index in [1.807, 2.05) is 4.90 Å². The maximum absolute atomic E-state index is 12.3. The summed E-state index contributed by atoms with van der Waals surface area (Å²) in [5, 5.41) is 9.37. The van der Waals surface area contributed by atoms with E-state index in [0.29, 0.717) is 44.9 Å². The Morgan fingerprint density at radius 2 is 1.73 bits per heavy atom. The van der Waals surface area contributed by atoms with Crippen LogP contribution in [-0.4, -0.2) is 42.2 Å². The van der Waals surface area contributed by atoms with E-state index in [2.05, 4.69) is 57.3 Å². The van der Waals surface area contributed by atoms with Gasteiger partial charge in [-0.15, -0.1) is 0 Å². The number of nitrogens with zero attached hydrogens (tertiary/aromatic N) is 1. The number of carbonyl (C=O) groups is 1. The van der Waals surface area contributed by atoms with Crippen molar-refractivity contribution in [3.63, 3.8) is 0 Å². The van der Waals surface area contributed by atoms with E-state index in [4.69, 9.17) is 9.47 Å². The van der Waals surface area contributed by atoms with Gasteiger partial charge in [0.15, 0.2) is 5.75 Å². The van der Waals surface area contributed by atoms with E-state index in [1.165, 1.54) is 0 Å². The van der Waals surface area contributed by atoms with Crippen molar-refractivity contribution >= 4 is 51.1 Å². The summed E-state index contributed by atoms with van der Waals surface area (Å²) in [7, 11) is 0. The Kier molecular flexibility index (Phi) is 6.98. The predicted octanol–water partition coefficient (Wildman–Crippen LogP) is 4.19. The Bertz CT molecular complexity index is 751. The van der Waals surface area contributed by atoms with Gasteiger partial charge < -0.3 is 19.5 Å². The molecule has 1 fully saturated rings. The molecule has 5 nitrogen and oxygen atoms in total. The number of halogens is 2. The van der Waals surface area contributed by atoms with Crippen molar-refractivity contribution in [2.75, 3.05) is 26.3 Å². The van der Waals surface area contributed by atoms with Gasteiger partial charge in [-0.1, -0.05) is 0 Å². The molecule has 0 bridgehead atoms.